The predicted molar refractivity (Wildman–Crippen MR) is 71.1 cm³/mol. The Hall–Kier alpha value is -1.54. The summed E-state index contributed by atoms with van der Waals surface area (Å²) in [6.45, 7) is 2.71. The summed E-state index contributed by atoms with van der Waals surface area (Å²) in [7, 11) is 1.58. The van der Waals surface area contributed by atoms with Gasteiger partial charge in [0.05, 0.1) is 11.9 Å². The van der Waals surface area contributed by atoms with Crippen LogP contribution in [0.4, 0.5) is 11.6 Å². The van der Waals surface area contributed by atoms with E-state index in [-0.39, 0.29) is 22.8 Å². The Labute approximate surface area is 110 Å². The van der Waals surface area contributed by atoms with E-state index in [2.05, 4.69) is 15.3 Å². The summed E-state index contributed by atoms with van der Waals surface area (Å²) in [5.74, 6) is 0.468. The molecule has 0 aliphatic rings. The van der Waals surface area contributed by atoms with Crippen molar-refractivity contribution in [3.05, 3.63) is 6.07 Å². The Balaban J connectivity index is 2.52. The Bertz CT molecular complexity index is 395. The molecule has 0 bridgehead atoms. The first kappa shape index (κ1) is 14.5. The van der Waals surface area contributed by atoms with Crippen LogP contribution in [0.2, 0.25) is 0 Å². The maximum atomic E-state index is 11.7. The predicted octanol–water partition coefficient (Wildman–Crippen LogP) is -0.116. The first-order chi connectivity index (χ1) is 8.52. The quantitative estimate of drug-likeness (QED) is 0.375. The minimum atomic E-state index is -0.331. The number of hydrogen-bond donors (Lipinski definition) is 3. The summed E-state index contributed by atoms with van der Waals surface area (Å²) in [5, 5.41) is 2.79. The molecule has 7 nitrogen and oxygen atoms in total. The van der Waals surface area contributed by atoms with E-state index in [0.29, 0.717) is 18.3 Å². The summed E-state index contributed by atoms with van der Waals surface area (Å²) in [6, 6.07) is 1.47. The Morgan fingerprint density at radius 1 is 1.50 bits per heavy atom. The number of rotatable bonds is 6. The van der Waals surface area contributed by atoms with Crippen molar-refractivity contribution >= 4 is 29.3 Å². The minimum Gasteiger partial charge on any atom is -0.383 e. The van der Waals surface area contributed by atoms with Crippen LogP contribution in [0, 0.1) is 0 Å². The van der Waals surface area contributed by atoms with Crippen LogP contribution in [-0.4, -0.2) is 41.4 Å². The number of aromatic nitrogens is 2. The van der Waals surface area contributed by atoms with E-state index >= 15 is 0 Å². The highest BCUT2D eigenvalue weighted by molar-refractivity contribution is 8.00. The number of carbonyl (C=O) groups is 1. The summed E-state index contributed by atoms with van der Waals surface area (Å²) in [6.07, 6.45) is 0. The van der Waals surface area contributed by atoms with Crippen LogP contribution in [0.5, 0.6) is 0 Å². The number of methoxy groups -OCH3 is 1. The lowest BCUT2D eigenvalue weighted by molar-refractivity contribution is -0.120. The fraction of sp³-hybridized carbons (Fsp3) is 0.500. The molecule has 0 saturated heterocycles. The lowest BCUT2D eigenvalue weighted by atomic mass is 10.4. The Morgan fingerprint density at radius 3 is 2.67 bits per heavy atom. The molecule has 1 rings (SSSR count). The zero-order chi connectivity index (χ0) is 13.5. The number of hydrogen-bond acceptors (Lipinski definition) is 7. The number of nitrogens with one attached hydrogen (secondary N) is 1. The van der Waals surface area contributed by atoms with Gasteiger partial charge in [-0.05, 0) is 6.92 Å². The zero-order valence-corrected chi connectivity index (χ0v) is 11.2. The van der Waals surface area contributed by atoms with Crippen LogP contribution in [0.15, 0.2) is 11.2 Å². The normalized spacial score (nSPS) is 12.1. The van der Waals surface area contributed by atoms with Crippen molar-refractivity contribution in [2.24, 2.45) is 0 Å². The number of amides is 1. The van der Waals surface area contributed by atoms with Crippen LogP contribution in [0.25, 0.3) is 0 Å². The molecular weight excluding hydrogens is 254 g/mol. The van der Waals surface area contributed by atoms with Gasteiger partial charge >= 0.3 is 0 Å². The van der Waals surface area contributed by atoms with Crippen molar-refractivity contribution in [3.63, 3.8) is 0 Å². The summed E-state index contributed by atoms with van der Waals surface area (Å²) in [4.78, 5) is 19.7. The van der Waals surface area contributed by atoms with E-state index in [0.717, 1.165) is 0 Å². The molecule has 1 unspecified atom stereocenters. The second-order valence-corrected chi connectivity index (χ2v) is 4.85. The van der Waals surface area contributed by atoms with Crippen molar-refractivity contribution in [2.45, 2.75) is 17.3 Å². The molecule has 0 aliphatic carbocycles. The van der Waals surface area contributed by atoms with Gasteiger partial charge in [-0.15, -0.1) is 0 Å². The SMILES string of the molecule is COCCNC(=O)C(C)Sc1nc(N)cc(N)n1. The lowest BCUT2D eigenvalue weighted by Gasteiger charge is -2.11. The Kier molecular flexibility index (Phi) is 5.66. The van der Waals surface area contributed by atoms with Gasteiger partial charge in [0.1, 0.15) is 11.6 Å². The van der Waals surface area contributed by atoms with E-state index in [1.54, 1.807) is 14.0 Å². The molecule has 0 aromatic carbocycles. The molecule has 100 valence electrons. The van der Waals surface area contributed by atoms with Gasteiger partial charge in [0, 0.05) is 19.7 Å². The van der Waals surface area contributed by atoms with Gasteiger partial charge < -0.3 is 21.5 Å². The summed E-state index contributed by atoms with van der Waals surface area (Å²) >= 11 is 1.20. The number of nitrogens with two attached hydrogens (primary N) is 2. The highest BCUT2D eigenvalue weighted by Gasteiger charge is 2.15. The molecule has 1 atom stereocenters. The van der Waals surface area contributed by atoms with Crippen LogP contribution < -0.4 is 16.8 Å². The maximum absolute atomic E-state index is 11.7. The summed E-state index contributed by atoms with van der Waals surface area (Å²) < 4.78 is 4.84. The second-order valence-electron chi connectivity index (χ2n) is 3.54. The fourth-order valence-corrected chi connectivity index (χ4v) is 1.97. The number of nitrogen functional groups attached to an aromatic ring is 2. The molecule has 5 N–H and O–H groups in total. The first-order valence-corrected chi connectivity index (χ1v) is 6.24. The minimum absolute atomic E-state index is 0.110. The van der Waals surface area contributed by atoms with Crippen LogP contribution >= 0.6 is 11.8 Å². The molecule has 0 fully saturated rings. The summed E-state index contributed by atoms with van der Waals surface area (Å²) in [5.41, 5.74) is 11.1. The number of ether oxygens (including phenoxy) is 1. The molecule has 8 heteroatoms. The van der Waals surface area contributed by atoms with Crippen molar-refractivity contribution in [3.8, 4) is 0 Å². The van der Waals surface area contributed by atoms with Gasteiger partial charge in [0.25, 0.3) is 0 Å². The van der Waals surface area contributed by atoms with Gasteiger partial charge in [0.15, 0.2) is 5.16 Å². The fourth-order valence-electron chi connectivity index (χ4n) is 1.15. The standard InChI is InChI=1S/C10H17N5O2S/c1-6(9(16)13-3-4-17-2)18-10-14-7(11)5-8(12)15-10/h5-6H,3-4H2,1-2H3,(H,13,16)(H4,11,12,14,15). The number of carbonyl (C=O) groups excluding carboxylic acids is 1. The number of anilines is 2. The van der Waals surface area contributed by atoms with Crippen LogP contribution in [0.1, 0.15) is 6.92 Å². The number of thioether (sulfide) groups is 1. The third kappa shape index (κ3) is 4.76. The molecular formula is C10H17N5O2S. The average molecular weight is 271 g/mol. The average Bonchev–Trinajstić information content (AvgIpc) is 2.27. The van der Waals surface area contributed by atoms with Gasteiger partial charge in [-0.1, -0.05) is 11.8 Å². The first-order valence-electron chi connectivity index (χ1n) is 5.36. The monoisotopic (exact) mass is 271 g/mol. The van der Waals surface area contributed by atoms with Gasteiger partial charge in [0.2, 0.25) is 5.91 Å². The molecule has 0 saturated carbocycles. The molecule has 1 aromatic rings. The maximum Gasteiger partial charge on any atom is 0.233 e. The Morgan fingerprint density at radius 2 is 2.11 bits per heavy atom. The molecule has 0 spiro atoms. The third-order valence-corrected chi connectivity index (χ3v) is 2.96. The van der Waals surface area contributed by atoms with Gasteiger partial charge in [-0.25, -0.2) is 9.97 Å². The van der Waals surface area contributed by atoms with Crippen molar-refractivity contribution in [1.82, 2.24) is 15.3 Å². The largest absolute Gasteiger partial charge is 0.383 e. The van der Waals surface area contributed by atoms with E-state index in [1.165, 1.54) is 17.8 Å². The van der Waals surface area contributed by atoms with Crippen molar-refractivity contribution < 1.29 is 9.53 Å². The number of nitrogens with zero attached hydrogens (tertiary/aromatic N) is 2. The third-order valence-electron chi connectivity index (χ3n) is 2.00. The molecule has 1 aromatic heterocycles. The molecule has 1 heterocycles. The van der Waals surface area contributed by atoms with E-state index in [4.69, 9.17) is 16.2 Å². The van der Waals surface area contributed by atoms with Crippen molar-refractivity contribution in [1.29, 1.82) is 0 Å². The second kappa shape index (κ2) is 7.02. The highest BCUT2D eigenvalue weighted by Crippen LogP contribution is 2.21. The molecule has 1 amide bonds. The van der Waals surface area contributed by atoms with Gasteiger partial charge in [-0.2, -0.15) is 0 Å². The smallest absolute Gasteiger partial charge is 0.233 e. The van der Waals surface area contributed by atoms with E-state index < -0.39 is 0 Å². The van der Waals surface area contributed by atoms with Crippen LogP contribution in [0.3, 0.4) is 0 Å². The molecule has 0 aliphatic heterocycles. The topological polar surface area (TPSA) is 116 Å². The van der Waals surface area contributed by atoms with Crippen molar-refractivity contribution in [2.75, 3.05) is 31.7 Å². The van der Waals surface area contributed by atoms with E-state index in [1.807, 2.05) is 0 Å². The zero-order valence-electron chi connectivity index (χ0n) is 10.3. The van der Waals surface area contributed by atoms with E-state index in [9.17, 15) is 4.79 Å². The highest BCUT2D eigenvalue weighted by atomic mass is 32.2. The van der Waals surface area contributed by atoms with Crippen LogP contribution in [-0.2, 0) is 9.53 Å². The molecule has 18 heavy (non-hydrogen) atoms. The van der Waals surface area contributed by atoms with Gasteiger partial charge in [-0.3, -0.25) is 4.79 Å². The molecule has 0 radical (unpaired) electrons. The lowest BCUT2D eigenvalue weighted by Crippen LogP contribution is -2.33.